The summed E-state index contributed by atoms with van der Waals surface area (Å²) in [6.45, 7) is 11.0. The molecule has 8 atom stereocenters. The van der Waals surface area contributed by atoms with E-state index in [2.05, 4.69) is 55.8 Å². The Hall–Kier alpha value is -2.94. The van der Waals surface area contributed by atoms with Crippen LogP contribution in [0.25, 0.3) is 0 Å². The average molecular weight is 646 g/mol. The topological polar surface area (TPSA) is 120 Å². The van der Waals surface area contributed by atoms with Gasteiger partial charge in [0.1, 0.15) is 12.0 Å². The Balaban J connectivity index is 1.22. The van der Waals surface area contributed by atoms with E-state index < -0.39 is 23.1 Å². The SMILES string of the molecule is COCN[C@@H](C)C(=O)Nc1ccc2c(c1)[C@@]1(C)CCC[C@](C)(C(O)NC(=O)[C@@]3(C)CCC[C@]4(C)c5cc(O)ccc5CC[C@@H]34)[C@@H]1CC2. The number of fused-ring (bicyclic) bond motifs is 6. The molecule has 0 bridgehead atoms. The average Bonchev–Trinajstić information content (AvgIpc) is 3.03. The van der Waals surface area contributed by atoms with Crippen LogP contribution in [-0.4, -0.2) is 48.1 Å². The summed E-state index contributed by atoms with van der Waals surface area (Å²) in [5.74, 6) is 0.404. The van der Waals surface area contributed by atoms with Gasteiger partial charge in [0.25, 0.3) is 0 Å². The van der Waals surface area contributed by atoms with Gasteiger partial charge in [-0.15, -0.1) is 0 Å². The van der Waals surface area contributed by atoms with Gasteiger partial charge >= 0.3 is 0 Å². The van der Waals surface area contributed by atoms with E-state index >= 15 is 0 Å². The standard InChI is InChI=1S/C39H55N3O5/c1-24(40-23-47-6)33(44)41-27-13-9-25-11-15-31-36(2,29(25)21-27)17-7-19-38(31,4)34(45)42-35(46)39(5)20-8-18-37(3)30-22-28(43)14-10-26(30)12-16-32(37)39/h9-10,13-14,21-22,24,31-32,34,40,43,45H,7-8,11-12,15-20,23H2,1-6H3,(H,41,44)(H,42,46)/t24-,31+,32+,34?,36+,37+,38-,39-/m0/s1. The second-order valence-corrected chi connectivity index (χ2v) is 16.1. The van der Waals surface area contributed by atoms with Gasteiger partial charge in [-0.25, -0.2) is 0 Å². The van der Waals surface area contributed by atoms with E-state index in [0.29, 0.717) is 6.73 Å². The van der Waals surface area contributed by atoms with Gasteiger partial charge in [0.15, 0.2) is 0 Å². The van der Waals surface area contributed by atoms with Crippen molar-refractivity contribution < 1.29 is 24.5 Å². The number of hydrogen-bond donors (Lipinski definition) is 5. The number of carbonyl (C=O) groups is 2. The summed E-state index contributed by atoms with van der Waals surface area (Å²) in [6, 6.07) is 11.6. The molecule has 47 heavy (non-hydrogen) atoms. The Morgan fingerprint density at radius 3 is 2.21 bits per heavy atom. The van der Waals surface area contributed by atoms with Crippen molar-refractivity contribution in [3.8, 4) is 5.75 Å². The van der Waals surface area contributed by atoms with Gasteiger partial charge in [-0.2, -0.15) is 0 Å². The van der Waals surface area contributed by atoms with Gasteiger partial charge in [-0.3, -0.25) is 14.9 Å². The predicted molar refractivity (Wildman–Crippen MR) is 184 cm³/mol. The van der Waals surface area contributed by atoms with E-state index in [1.807, 2.05) is 25.1 Å². The van der Waals surface area contributed by atoms with Gasteiger partial charge in [0.05, 0.1) is 18.2 Å². The van der Waals surface area contributed by atoms with Gasteiger partial charge in [0, 0.05) is 18.2 Å². The molecule has 0 radical (unpaired) electrons. The van der Waals surface area contributed by atoms with Gasteiger partial charge < -0.3 is 25.6 Å². The minimum absolute atomic E-state index is 0.0459. The molecule has 6 rings (SSSR count). The van der Waals surface area contributed by atoms with Gasteiger partial charge in [-0.05, 0) is 127 Å². The first-order valence-electron chi connectivity index (χ1n) is 17.7. The highest BCUT2D eigenvalue weighted by molar-refractivity contribution is 5.94. The molecule has 2 fully saturated rings. The number of methoxy groups -OCH3 is 1. The summed E-state index contributed by atoms with van der Waals surface area (Å²) in [6.07, 6.45) is 8.17. The van der Waals surface area contributed by atoms with Crippen LogP contribution in [-0.2, 0) is 38.0 Å². The number of phenolic OH excluding ortho intramolecular Hbond substituents is 1. The lowest BCUT2D eigenvalue weighted by molar-refractivity contribution is -0.150. The summed E-state index contributed by atoms with van der Waals surface area (Å²) in [5, 5.41) is 31.8. The summed E-state index contributed by atoms with van der Waals surface area (Å²) in [4.78, 5) is 27.3. The van der Waals surface area contributed by atoms with Crippen LogP contribution in [0.15, 0.2) is 36.4 Å². The molecule has 5 N–H and O–H groups in total. The van der Waals surface area contributed by atoms with Gasteiger partial charge in [0.2, 0.25) is 11.8 Å². The van der Waals surface area contributed by atoms with Crippen molar-refractivity contribution in [3.63, 3.8) is 0 Å². The highest BCUT2D eigenvalue weighted by Gasteiger charge is 2.58. The number of nitrogens with one attached hydrogen (secondary N) is 3. The molecular weight excluding hydrogens is 590 g/mol. The summed E-state index contributed by atoms with van der Waals surface area (Å²) in [5.41, 5.74) is 4.25. The number of aromatic hydroxyl groups is 1. The van der Waals surface area contributed by atoms with Crippen molar-refractivity contribution in [2.45, 2.75) is 122 Å². The summed E-state index contributed by atoms with van der Waals surface area (Å²) >= 11 is 0. The predicted octanol–water partition coefficient (Wildman–Crippen LogP) is 6.07. The first kappa shape index (κ1) is 33.9. The molecule has 0 saturated heterocycles. The molecule has 1 unspecified atom stereocenters. The van der Waals surface area contributed by atoms with Crippen molar-refractivity contribution in [2.75, 3.05) is 19.2 Å². The van der Waals surface area contributed by atoms with Crippen LogP contribution in [0, 0.1) is 22.7 Å². The first-order valence-corrected chi connectivity index (χ1v) is 17.7. The molecule has 2 aromatic rings. The van der Waals surface area contributed by atoms with Crippen LogP contribution in [0.3, 0.4) is 0 Å². The second-order valence-electron chi connectivity index (χ2n) is 16.1. The Morgan fingerprint density at radius 1 is 0.894 bits per heavy atom. The van der Waals surface area contributed by atoms with E-state index in [-0.39, 0.29) is 40.2 Å². The third-order valence-corrected chi connectivity index (χ3v) is 13.4. The molecule has 2 aromatic carbocycles. The molecule has 0 heterocycles. The number of aliphatic hydroxyl groups is 1. The monoisotopic (exact) mass is 645 g/mol. The van der Waals surface area contributed by atoms with Crippen LogP contribution in [0.1, 0.15) is 108 Å². The van der Waals surface area contributed by atoms with E-state index in [1.54, 1.807) is 13.2 Å². The maximum atomic E-state index is 14.4. The zero-order valence-electron chi connectivity index (χ0n) is 29.2. The minimum atomic E-state index is -0.971. The highest BCUT2D eigenvalue weighted by atomic mass is 16.5. The third kappa shape index (κ3) is 5.68. The Morgan fingerprint density at radius 2 is 1.51 bits per heavy atom. The van der Waals surface area contributed by atoms with Crippen molar-refractivity contribution in [2.24, 2.45) is 22.7 Å². The molecule has 2 saturated carbocycles. The highest BCUT2D eigenvalue weighted by Crippen LogP contribution is 2.60. The van der Waals surface area contributed by atoms with E-state index in [4.69, 9.17) is 4.74 Å². The number of amides is 2. The molecule has 0 spiro atoms. The smallest absolute Gasteiger partial charge is 0.241 e. The van der Waals surface area contributed by atoms with Gasteiger partial charge in [-0.1, -0.05) is 52.7 Å². The fraction of sp³-hybridized carbons (Fsp3) is 0.641. The number of carbonyl (C=O) groups excluding carboxylic acids is 2. The van der Waals surface area contributed by atoms with Crippen LogP contribution < -0.4 is 16.0 Å². The number of phenols is 1. The Labute approximate surface area is 280 Å². The number of rotatable bonds is 8. The first-order chi connectivity index (χ1) is 22.3. The normalized spacial score (nSPS) is 34.1. The van der Waals surface area contributed by atoms with Crippen molar-refractivity contribution >= 4 is 17.5 Å². The lowest BCUT2D eigenvalue weighted by Gasteiger charge is -2.58. The zero-order valence-corrected chi connectivity index (χ0v) is 29.2. The molecule has 0 aromatic heterocycles. The number of aryl methyl sites for hydroxylation is 2. The van der Waals surface area contributed by atoms with Crippen LogP contribution in [0.2, 0.25) is 0 Å². The van der Waals surface area contributed by atoms with Crippen LogP contribution >= 0.6 is 0 Å². The molecule has 4 aliphatic carbocycles. The number of anilines is 1. The van der Waals surface area contributed by atoms with Crippen LogP contribution in [0.5, 0.6) is 5.75 Å². The molecular formula is C39H55N3O5. The maximum Gasteiger partial charge on any atom is 0.241 e. The number of aliphatic hydroxyl groups excluding tert-OH is 1. The largest absolute Gasteiger partial charge is 0.508 e. The van der Waals surface area contributed by atoms with Crippen molar-refractivity contribution in [1.29, 1.82) is 0 Å². The minimum Gasteiger partial charge on any atom is -0.508 e. The molecule has 256 valence electrons. The number of hydrogen-bond acceptors (Lipinski definition) is 6. The number of benzene rings is 2. The van der Waals surface area contributed by atoms with E-state index in [0.717, 1.165) is 69.9 Å². The summed E-state index contributed by atoms with van der Waals surface area (Å²) < 4.78 is 5.06. The maximum absolute atomic E-state index is 14.4. The zero-order chi connectivity index (χ0) is 33.8. The fourth-order valence-electron chi connectivity index (χ4n) is 10.6. The van der Waals surface area contributed by atoms with Crippen molar-refractivity contribution in [3.05, 3.63) is 58.7 Å². The molecule has 8 nitrogen and oxygen atoms in total. The lowest BCUT2D eigenvalue weighted by Crippen LogP contribution is -2.61. The van der Waals surface area contributed by atoms with E-state index in [9.17, 15) is 19.8 Å². The Bertz CT molecular complexity index is 1530. The molecule has 2 amide bonds. The van der Waals surface area contributed by atoms with E-state index in [1.165, 1.54) is 22.3 Å². The van der Waals surface area contributed by atoms with Crippen molar-refractivity contribution in [1.82, 2.24) is 10.6 Å². The Kier molecular flexibility index (Phi) is 9.03. The quantitative estimate of drug-likeness (QED) is 0.223. The summed E-state index contributed by atoms with van der Waals surface area (Å²) in [7, 11) is 1.59. The molecule has 0 aliphatic heterocycles. The number of ether oxygens (including phenoxy) is 1. The lowest BCUT2D eigenvalue weighted by atomic mass is 9.48. The fourth-order valence-corrected chi connectivity index (χ4v) is 10.6. The second kappa shape index (κ2) is 12.5. The third-order valence-electron chi connectivity index (χ3n) is 13.4. The van der Waals surface area contributed by atoms with Crippen LogP contribution in [0.4, 0.5) is 5.69 Å². The molecule has 8 heteroatoms. The molecule has 4 aliphatic rings.